The third-order valence-electron chi connectivity index (χ3n) is 4.23. The van der Waals surface area contributed by atoms with Gasteiger partial charge in [0.05, 0.1) is 23.1 Å². The number of nitrogens with one attached hydrogen (secondary N) is 1. The number of carbonyl (C=O) groups excluding carboxylic acids is 1. The maximum Gasteiger partial charge on any atom is 0.387 e. The van der Waals surface area contributed by atoms with Crippen molar-refractivity contribution in [3.8, 4) is 11.4 Å². The third-order valence-corrected chi connectivity index (χ3v) is 4.23. The predicted molar refractivity (Wildman–Crippen MR) is 97.3 cm³/mol. The zero-order valence-corrected chi connectivity index (χ0v) is 14.9. The second-order valence-corrected chi connectivity index (χ2v) is 6.01. The predicted octanol–water partition coefficient (Wildman–Crippen LogP) is 4.02. The minimum absolute atomic E-state index is 0.0418. The molecule has 0 aliphatic carbocycles. The van der Waals surface area contributed by atoms with Gasteiger partial charge in [-0.15, -0.1) is 0 Å². The third kappa shape index (κ3) is 4.13. The highest BCUT2D eigenvalue weighted by Crippen LogP contribution is 2.21. The monoisotopic (exact) mass is 371 g/mol. The van der Waals surface area contributed by atoms with Gasteiger partial charge in [-0.05, 0) is 31.5 Å². The van der Waals surface area contributed by atoms with Crippen LogP contribution >= 0.6 is 0 Å². The molecule has 0 aliphatic heterocycles. The lowest BCUT2D eigenvalue weighted by atomic mass is 10.1. The molecule has 0 radical (unpaired) electrons. The number of amides is 1. The second kappa shape index (κ2) is 7.99. The number of ether oxygens (including phenoxy) is 1. The van der Waals surface area contributed by atoms with E-state index in [-0.39, 0.29) is 18.2 Å². The summed E-state index contributed by atoms with van der Waals surface area (Å²) in [6.45, 7) is 0.922. The summed E-state index contributed by atoms with van der Waals surface area (Å²) in [5, 5.41) is 7.04. The van der Waals surface area contributed by atoms with Gasteiger partial charge < -0.3 is 10.1 Å². The summed E-state index contributed by atoms with van der Waals surface area (Å²) in [5.74, 6) is -0.292. The SMILES string of the molecule is Cc1ccccc1-n1ncc(C(=O)NCc2ccccc2OC(F)F)c1C. The summed E-state index contributed by atoms with van der Waals surface area (Å²) in [7, 11) is 0. The van der Waals surface area contributed by atoms with Crippen LogP contribution in [0.1, 0.15) is 27.2 Å². The first-order chi connectivity index (χ1) is 13.0. The number of hydrogen-bond donors (Lipinski definition) is 1. The Morgan fingerprint density at radius 2 is 1.85 bits per heavy atom. The topological polar surface area (TPSA) is 56.2 Å². The van der Waals surface area contributed by atoms with E-state index in [0.29, 0.717) is 16.8 Å². The first kappa shape index (κ1) is 18.6. The molecule has 3 aromatic rings. The van der Waals surface area contributed by atoms with E-state index in [4.69, 9.17) is 0 Å². The van der Waals surface area contributed by atoms with E-state index in [1.54, 1.807) is 22.9 Å². The fraction of sp³-hybridized carbons (Fsp3) is 0.200. The Labute approximate surface area is 155 Å². The minimum atomic E-state index is -2.92. The number of hydrogen-bond acceptors (Lipinski definition) is 3. The van der Waals surface area contributed by atoms with E-state index in [1.807, 2.05) is 38.1 Å². The molecule has 27 heavy (non-hydrogen) atoms. The molecule has 0 bridgehead atoms. The Bertz CT molecular complexity index is 954. The summed E-state index contributed by atoms with van der Waals surface area (Å²) >= 11 is 0. The average molecular weight is 371 g/mol. The number of aryl methyl sites for hydroxylation is 1. The molecule has 1 heterocycles. The number of alkyl halides is 2. The van der Waals surface area contributed by atoms with Crippen molar-refractivity contribution >= 4 is 5.91 Å². The zero-order valence-electron chi connectivity index (χ0n) is 14.9. The molecule has 1 aromatic heterocycles. The fourth-order valence-corrected chi connectivity index (χ4v) is 2.81. The highest BCUT2D eigenvalue weighted by atomic mass is 19.3. The minimum Gasteiger partial charge on any atom is -0.434 e. The summed E-state index contributed by atoms with van der Waals surface area (Å²) in [4.78, 5) is 12.5. The van der Waals surface area contributed by atoms with Gasteiger partial charge in [-0.25, -0.2) is 4.68 Å². The Balaban J connectivity index is 1.76. The molecular formula is C20H19F2N3O2. The molecule has 0 spiro atoms. The van der Waals surface area contributed by atoms with Gasteiger partial charge in [0, 0.05) is 12.1 Å². The molecule has 0 aliphatic rings. The van der Waals surface area contributed by atoms with Gasteiger partial charge in [-0.3, -0.25) is 4.79 Å². The van der Waals surface area contributed by atoms with Gasteiger partial charge in [-0.2, -0.15) is 13.9 Å². The molecule has 5 nitrogen and oxygen atoms in total. The van der Waals surface area contributed by atoms with E-state index in [1.165, 1.54) is 12.3 Å². The summed E-state index contributed by atoms with van der Waals surface area (Å²) in [6.07, 6.45) is 1.50. The number of halogens is 2. The first-order valence-electron chi connectivity index (χ1n) is 8.39. The van der Waals surface area contributed by atoms with Crippen molar-refractivity contribution in [1.29, 1.82) is 0 Å². The largest absolute Gasteiger partial charge is 0.434 e. The Morgan fingerprint density at radius 1 is 1.15 bits per heavy atom. The molecular weight excluding hydrogens is 352 g/mol. The summed E-state index contributed by atoms with van der Waals surface area (Å²) in [6, 6.07) is 14.1. The van der Waals surface area contributed by atoms with Crippen LogP contribution in [0, 0.1) is 13.8 Å². The van der Waals surface area contributed by atoms with Gasteiger partial charge in [0.1, 0.15) is 5.75 Å². The van der Waals surface area contributed by atoms with E-state index >= 15 is 0 Å². The maximum atomic E-state index is 12.5. The molecule has 0 fully saturated rings. The van der Waals surface area contributed by atoms with E-state index < -0.39 is 6.61 Å². The van der Waals surface area contributed by atoms with Crippen LogP contribution in [0.5, 0.6) is 5.75 Å². The van der Waals surface area contributed by atoms with Crippen LogP contribution in [0.15, 0.2) is 54.7 Å². The fourth-order valence-electron chi connectivity index (χ4n) is 2.81. The standard InChI is InChI=1S/C20H19F2N3O2/c1-13-7-3-5-9-17(13)25-14(2)16(12-24-25)19(26)23-11-15-8-4-6-10-18(15)27-20(21)22/h3-10,12,20H,11H2,1-2H3,(H,23,26). The van der Waals surface area contributed by atoms with Crippen LogP contribution in [0.3, 0.4) is 0 Å². The Hall–Kier alpha value is -3.22. The van der Waals surface area contributed by atoms with E-state index in [0.717, 1.165) is 11.3 Å². The van der Waals surface area contributed by atoms with Crippen LogP contribution in [0.2, 0.25) is 0 Å². The Morgan fingerprint density at radius 3 is 2.59 bits per heavy atom. The van der Waals surface area contributed by atoms with Crippen molar-refractivity contribution in [1.82, 2.24) is 15.1 Å². The van der Waals surface area contributed by atoms with Crippen LogP contribution < -0.4 is 10.1 Å². The quantitative estimate of drug-likeness (QED) is 0.712. The highest BCUT2D eigenvalue weighted by Gasteiger charge is 2.17. The van der Waals surface area contributed by atoms with Gasteiger partial charge in [0.25, 0.3) is 5.91 Å². The van der Waals surface area contributed by atoms with Crippen molar-refractivity contribution in [3.05, 3.63) is 77.1 Å². The summed E-state index contributed by atoms with van der Waals surface area (Å²) in [5.41, 5.74) is 3.51. The van der Waals surface area contributed by atoms with Crippen molar-refractivity contribution in [2.75, 3.05) is 0 Å². The van der Waals surface area contributed by atoms with E-state index in [2.05, 4.69) is 15.2 Å². The number of benzene rings is 2. The van der Waals surface area contributed by atoms with Crippen LogP contribution in [0.4, 0.5) is 8.78 Å². The normalized spacial score (nSPS) is 10.9. The van der Waals surface area contributed by atoms with Crippen LogP contribution in [-0.4, -0.2) is 22.3 Å². The Kier molecular flexibility index (Phi) is 5.49. The molecule has 140 valence electrons. The molecule has 0 atom stereocenters. The molecule has 1 amide bonds. The molecule has 0 unspecified atom stereocenters. The molecule has 0 saturated carbocycles. The van der Waals surface area contributed by atoms with Gasteiger partial charge in [0.15, 0.2) is 0 Å². The van der Waals surface area contributed by atoms with E-state index in [9.17, 15) is 13.6 Å². The number of rotatable bonds is 6. The van der Waals surface area contributed by atoms with Crippen molar-refractivity contribution in [2.45, 2.75) is 27.0 Å². The second-order valence-electron chi connectivity index (χ2n) is 6.01. The molecule has 7 heteroatoms. The maximum absolute atomic E-state index is 12.5. The average Bonchev–Trinajstić information content (AvgIpc) is 3.02. The number of nitrogens with zero attached hydrogens (tertiary/aromatic N) is 2. The lowest BCUT2D eigenvalue weighted by Crippen LogP contribution is -2.24. The van der Waals surface area contributed by atoms with Crippen LogP contribution in [0.25, 0.3) is 5.69 Å². The zero-order chi connectivity index (χ0) is 19.4. The molecule has 0 saturated heterocycles. The lowest BCUT2D eigenvalue weighted by Gasteiger charge is -2.11. The van der Waals surface area contributed by atoms with Gasteiger partial charge in [0.2, 0.25) is 0 Å². The van der Waals surface area contributed by atoms with Gasteiger partial charge in [-0.1, -0.05) is 36.4 Å². The van der Waals surface area contributed by atoms with Crippen molar-refractivity contribution in [3.63, 3.8) is 0 Å². The smallest absolute Gasteiger partial charge is 0.387 e. The molecule has 2 aromatic carbocycles. The van der Waals surface area contributed by atoms with Crippen LogP contribution in [-0.2, 0) is 6.54 Å². The van der Waals surface area contributed by atoms with Crippen molar-refractivity contribution in [2.24, 2.45) is 0 Å². The number of para-hydroxylation sites is 2. The first-order valence-corrected chi connectivity index (χ1v) is 8.39. The highest BCUT2D eigenvalue weighted by molar-refractivity contribution is 5.95. The lowest BCUT2D eigenvalue weighted by molar-refractivity contribution is -0.0504. The summed E-state index contributed by atoms with van der Waals surface area (Å²) < 4.78 is 31.2. The number of carbonyl (C=O) groups is 1. The number of aromatic nitrogens is 2. The molecule has 3 rings (SSSR count). The van der Waals surface area contributed by atoms with Gasteiger partial charge >= 0.3 is 6.61 Å². The molecule has 1 N–H and O–H groups in total. The van der Waals surface area contributed by atoms with Crippen molar-refractivity contribution < 1.29 is 18.3 Å².